The van der Waals surface area contributed by atoms with Crippen LogP contribution in [-0.2, 0) is 14.3 Å². The summed E-state index contributed by atoms with van der Waals surface area (Å²) in [5.74, 6) is -0.401. The zero-order valence-electron chi connectivity index (χ0n) is 18.5. The first-order valence-corrected chi connectivity index (χ1v) is 10.3. The highest BCUT2D eigenvalue weighted by atomic mass is 16.5. The molecule has 32 heavy (non-hydrogen) atoms. The first kappa shape index (κ1) is 21.4. The maximum Gasteiger partial charge on any atom is 0.406 e. The Morgan fingerprint density at radius 3 is 2.47 bits per heavy atom. The molecule has 10 nitrogen and oxygen atoms in total. The summed E-state index contributed by atoms with van der Waals surface area (Å²) in [6.45, 7) is 6.80. The minimum Gasteiger partial charge on any atom is -0.462 e. The predicted molar refractivity (Wildman–Crippen MR) is 113 cm³/mol. The van der Waals surface area contributed by atoms with Gasteiger partial charge in [-0.25, -0.2) is 19.1 Å². The Kier molecular flexibility index (Phi) is 5.15. The van der Waals surface area contributed by atoms with Gasteiger partial charge in [0.15, 0.2) is 5.78 Å². The summed E-state index contributed by atoms with van der Waals surface area (Å²) in [6.07, 6.45) is 1.79. The fourth-order valence-electron chi connectivity index (χ4n) is 3.97. The number of hydrogen-bond acceptors (Lipinski definition) is 6. The Hall–Kier alpha value is -3.82. The molecule has 166 valence electrons. The van der Waals surface area contributed by atoms with E-state index in [1.54, 1.807) is 42.0 Å². The monoisotopic (exact) mass is 438 g/mol. The number of Topliss-reactive ketones (excluding diaryl/α,β-unsaturated/α-hetero) is 1. The van der Waals surface area contributed by atoms with Crippen molar-refractivity contribution in [3.63, 3.8) is 0 Å². The van der Waals surface area contributed by atoms with Gasteiger partial charge in [0.1, 0.15) is 17.6 Å². The lowest BCUT2D eigenvalue weighted by molar-refractivity contribution is -0.676. The molecule has 4 rings (SSSR count). The molecule has 2 aliphatic rings. The van der Waals surface area contributed by atoms with E-state index in [0.717, 1.165) is 16.3 Å². The maximum atomic E-state index is 13.3. The third kappa shape index (κ3) is 3.10. The molecule has 1 aromatic heterocycles. The lowest BCUT2D eigenvalue weighted by Gasteiger charge is -2.35. The van der Waals surface area contributed by atoms with Crippen LogP contribution < -0.4 is 4.57 Å². The van der Waals surface area contributed by atoms with Gasteiger partial charge >= 0.3 is 17.9 Å². The molecule has 0 radical (unpaired) electrons. The van der Waals surface area contributed by atoms with Gasteiger partial charge in [0.2, 0.25) is 11.9 Å². The molecule has 2 atom stereocenters. The predicted octanol–water partition coefficient (Wildman–Crippen LogP) is 1.71. The Morgan fingerprint density at radius 2 is 1.88 bits per heavy atom. The van der Waals surface area contributed by atoms with Gasteiger partial charge in [-0.2, -0.15) is 4.57 Å². The number of imidazole rings is 1. The van der Waals surface area contributed by atoms with Crippen LogP contribution in [-0.4, -0.2) is 63.6 Å². The molecule has 1 aromatic carbocycles. The molecular weight excluding hydrogens is 414 g/mol. The van der Waals surface area contributed by atoms with Crippen LogP contribution >= 0.6 is 0 Å². The molecule has 0 bridgehead atoms. The molecule has 1 fully saturated rings. The number of likely N-dealkylation sites (N-methyl/N-ethyl adjacent to an activating group) is 1. The van der Waals surface area contributed by atoms with Gasteiger partial charge in [0, 0.05) is 7.05 Å². The number of carbonyl (C=O) groups is 4. The first-order chi connectivity index (χ1) is 15.2. The number of nitrogens with zero attached hydrogens (tertiary/aromatic N) is 5. The fraction of sp³-hybridized carbons (Fsp3) is 0.364. The second kappa shape index (κ2) is 7.70. The number of ketones is 1. The molecule has 2 aliphatic heterocycles. The molecule has 10 heteroatoms. The first-order valence-electron chi connectivity index (χ1n) is 10.3. The molecule has 3 heterocycles. The van der Waals surface area contributed by atoms with Gasteiger partial charge < -0.3 is 4.74 Å². The Bertz CT molecular complexity index is 1180. The number of amidine groups is 1. The lowest BCUT2D eigenvalue weighted by atomic mass is 10.1. The van der Waals surface area contributed by atoms with Crippen LogP contribution in [0, 0.1) is 6.92 Å². The van der Waals surface area contributed by atoms with E-state index in [4.69, 9.17) is 4.74 Å². The van der Waals surface area contributed by atoms with E-state index in [2.05, 4.69) is 4.99 Å². The van der Waals surface area contributed by atoms with E-state index >= 15 is 0 Å². The second-order valence-corrected chi connectivity index (χ2v) is 7.79. The number of urea groups is 1. The molecular formula is C22H24N5O5+. The van der Waals surface area contributed by atoms with E-state index in [1.807, 2.05) is 11.5 Å². The number of carbonyl (C=O) groups excluding carboxylic acids is 4. The number of ether oxygens (including phenoxy) is 1. The number of fused-ring (bicyclic) bond motifs is 3. The van der Waals surface area contributed by atoms with Crippen molar-refractivity contribution >= 4 is 35.5 Å². The number of esters is 1. The largest absolute Gasteiger partial charge is 0.462 e. The van der Waals surface area contributed by atoms with Crippen molar-refractivity contribution < 1.29 is 28.5 Å². The standard InChI is InChI=1S/C22H24N5O5/c1-6-32-20(30)15-7-9-16(10-8-15)26-12(2)11-25-17-18(23-21(25)26)24(5)22(31)27(19(17)29)13(3)14(4)28/h7-11,13,17H,6H2,1-5H3/q+1. The van der Waals surface area contributed by atoms with Crippen molar-refractivity contribution in [2.75, 3.05) is 13.7 Å². The zero-order valence-corrected chi connectivity index (χ0v) is 18.5. The highest BCUT2D eigenvalue weighted by molar-refractivity contribution is 6.20. The van der Waals surface area contributed by atoms with Gasteiger partial charge in [-0.3, -0.25) is 14.5 Å². The second-order valence-electron chi connectivity index (χ2n) is 7.79. The number of imide groups is 1. The third-order valence-electron chi connectivity index (χ3n) is 5.77. The van der Waals surface area contributed by atoms with Crippen molar-refractivity contribution in [2.24, 2.45) is 4.99 Å². The number of rotatable bonds is 5. The summed E-state index contributed by atoms with van der Waals surface area (Å²) < 4.78 is 8.57. The Morgan fingerprint density at radius 1 is 1.22 bits per heavy atom. The van der Waals surface area contributed by atoms with E-state index in [1.165, 1.54) is 25.8 Å². The van der Waals surface area contributed by atoms with Crippen LogP contribution in [0.5, 0.6) is 0 Å². The highest BCUT2D eigenvalue weighted by Gasteiger charge is 2.54. The van der Waals surface area contributed by atoms with Gasteiger partial charge in [-0.1, -0.05) is 4.99 Å². The summed E-state index contributed by atoms with van der Waals surface area (Å²) in [4.78, 5) is 56.8. The van der Waals surface area contributed by atoms with Crippen LogP contribution in [0.4, 0.5) is 10.7 Å². The normalized spacial score (nSPS) is 18.3. The van der Waals surface area contributed by atoms with Crippen LogP contribution in [0.1, 0.15) is 42.9 Å². The minimum absolute atomic E-state index is 0.279. The van der Waals surface area contributed by atoms with Gasteiger partial charge in [0.25, 0.3) is 5.91 Å². The van der Waals surface area contributed by atoms with E-state index < -0.39 is 30.0 Å². The molecule has 0 aliphatic carbocycles. The summed E-state index contributed by atoms with van der Waals surface area (Å²) in [6, 6.07) is 4.56. The summed E-state index contributed by atoms with van der Waals surface area (Å²) >= 11 is 0. The summed E-state index contributed by atoms with van der Waals surface area (Å²) in [7, 11) is 1.54. The van der Waals surface area contributed by atoms with Crippen molar-refractivity contribution in [2.45, 2.75) is 39.8 Å². The Balaban J connectivity index is 1.76. The van der Waals surface area contributed by atoms with Crippen LogP contribution in [0.2, 0.25) is 0 Å². The smallest absolute Gasteiger partial charge is 0.406 e. The minimum atomic E-state index is -0.873. The molecule has 2 aromatic rings. The fourth-order valence-corrected chi connectivity index (χ4v) is 3.97. The van der Waals surface area contributed by atoms with Crippen LogP contribution in [0.25, 0.3) is 5.69 Å². The van der Waals surface area contributed by atoms with Gasteiger partial charge in [0.05, 0.1) is 18.2 Å². The van der Waals surface area contributed by atoms with Gasteiger partial charge in [-0.15, -0.1) is 0 Å². The van der Waals surface area contributed by atoms with Crippen LogP contribution in [0.3, 0.4) is 0 Å². The summed E-state index contributed by atoms with van der Waals surface area (Å²) in [5.41, 5.74) is 1.98. The zero-order chi connectivity index (χ0) is 23.3. The highest BCUT2D eigenvalue weighted by Crippen LogP contribution is 2.32. The number of aromatic nitrogens is 2. The molecule has 3 amide bonds. The van der Waals surface area contributed by atoms with Crippen molar-refractivity contribution in [3.05, 3.63) is 41.7 Å². The maximum absolute atomic E-state index is 13.3. The van der Waals surface area contributed by atoms with Crippen LogP contribution in [0.15, 0.2) is 35.5 Å². The van der Waals surface area contributed by atoms with Gasteiger partial charge in [-0.05, 0) is 52.0 Å². The van der Waals surface area contributed by atoms with E-state index in [-0.39, 0.29) is 5.78 Å². The number of hydrogen-bond donors (Lipinski definition) is 0. The molecule has 0 N–H and O–H groups in total. The average molecular weight is 438 g/mol. The van der Waals surface area contributed by atoms with E-state index in [9.17, 15) is 19.2 Å². The van der Waals surface area contributed by atoms with E-state index in [0.29, 0.717) is 24.0 Å². The molecule has 0 spiro atoms. The SMILES string of the molecule is CCOC(=O)c1ccc(-n2c(C)c[n+]3c2N=C2C3C(=O)N(C(C)C(C)=O)C(=O)N2C)cc1. The number of aliphatic imine (C=N–C) groups is 1. The topological polar surface area (TPSA) is 105 Å². The number of aryl methyl sites for hydroxylation is 1. The van der Waals surface area contributed by atoms with Crippen molar-refractivity contribution in [1.82, 2.24) is 14.4 Å². The quantitative estimate of drug-likeness (QED) is 0.522. The molecule has 2 unspecified atom stereocenters. The summed E-state index contributed by atoms with van der Waals surface area (Å²) in [5, 5.41) is 0. The third-order valence-corrected chi connectivity index (χ3v) is 5.77. The average Bonchev–Trinajstić information content (AvgIpc) is 3.27. The van der Waals surface area contributed by atoms with Crippen molar-refractivity contribution in [3.8, 4) is 5.69 Å². The molecule has 1 saturated heterocycles. The number of amides is 3. The lowest BCUT2D eigenvalue weighted by Crippen LogP contribution is -2.65. The van der Waals surface area contributed by atoms with Crippen molar-refractivity contribution in [1.29, 1.82) is 0 Å². The number of benzene rings is 1. The Labute approximate surface area is 184 Å². The molecule has 0 saturated carbocycles.